The zero-order chi connectivity index (χ0) is 3.58. The first-order valence-electron chi connectivity index (χ1n) is 0.651. The van der Waals surface area contributed by atoms with Crippen molar-refractivity contribution in [2.24, 2.45) is 0 Å². The van der Waals surface area contributed by atoms with Gasteiger partial charge in [-0.15, -0.1) is 0 Å². The molecule has 0 aromatic carbocycles. The van der Waals surface area contributed by atoms with Crippen LogP contribution in [0.1, 0.15) is 1.43 Å². The van der Waals surface area contributed by atoms with Gasteiger partial charge >= 0.3 is 9.68 Å². The summed E-state index contributed by atoms with van der Waals surface area (Å²) in [5, 5.41) is 0. The molecule has 0 saturated carbocycles. The fourth-order valence-corrected chi connectivity index (χ4v) is 0. The Morgan fingerprint density at radius 1 is 1.60 bits per heavy atom. The second kappa shape index (κ2) is 4.11. The Hall–Kier alpha value is 0.110. The average molecular weight is 100 g/mol. The molecule has 5 heavy (non-hydrogen) atoms. The van der Waals surface area contributed by atoms with Crippen LogP contribution in [0.5, 0.6) is 0 Å². The molecule has 0 rings (SSSR count). The Bertz CT molecular complexity index is 33.8. The van der Waals surface area contributed by atoms with Gasteiger partial charge in [-0.3, -0.25) is 4.57 Å². The highest BCUT2D eigenvalue weighted by atomic mass is 31.1. The van der Waals surface area contributed by atoms with Gasteiger partial charge in [0.05, 0.1) is 0 Å². The van der Waals surface area contributed by atoms with Crippen LogP contribution in [0, 0.1) is 0 Å². The van der Waals surface area contributed by atoms with Gasteiger partial charge in [0, 0.05) is 0 Å². The lowest BCUT2D eigenvalue weighted by molar-refractivity contribution is 0.405. The van der Waals surface area contributed by atoms with E-state index in [1.165, 1.54) is 0 Å². The Balaban J connectivity index is -0.0000000450. The van der Waals surface area contributed by atoms with Crippen LogP contribution in [0.4, 0.5) is 0 Å². The first-order chi connectivity index (χ1) is 1.73. The van der Waals surface area contributed by atoms with E-state index in [0.717, 1.165) is 0 Å². The lowest BCUT2D eigenvalue weighted by atomic mass is 14.0. The summed E-state index contributed by atoms with van der Waals surface area (Å²) in [6.45, 7) is 0. The molecule has 0 bridgehead atoms. The average Bonchev–Trinajstić information content (AvgIpc) is 0.811. The SMILES string of the molecule is N.O=[PH](O)O.[H+]. The summed E-state index contributed by atoms with van der Waals surface area (Å²) in [7, 11) is -3.13. The molecule has 5 N–H and O–H groups in total. The summed E-state index contributed by atoms with van der Waals surface area (Å²) >= 11 is 0. The fraction of sp³-hybridized carbons (Fsp3) is 0. The van der Waals surface area contributed by atoms with Gasteiger partial charge in [-0.25, -0.2) is 0 Å². The Morgan fingerprint density at radius 2 is 1.60 bits per heavy atom. The molecule has 4 nitrogen and oxygen atoms in total. The maximum atomic E-state index is 8.74. The van der Waals surface area contributed by atoms with Crippen molar-refractivity contribution in [3.05, 3.63) is 0 Å². The molecule has 0 amide bonds. The van der Waals surface area contributed by atoms with E-state index in [0.29, 0.717) is 0 Å². The van der Waals surface area contributed by atoms with E-state index in [9.17, 15) is 0 Å². The van der Waals surface area contributed by atoms with Gasteiger partial charge in [0.2, 0.25) is 0 Å². The van der Waals surface area contributed by atoms with E-state index in [2.05, 4.69) is 0 Å². The first-order valence-corrected chi connectivity index (χ1v) is 1.95. The second-order valence-corrected chi connectivity index (χ2v) is 0.848. The molecular weight excluding hydrogens is 93.0 g/mol. The van der Waals surface area contributed by atoms with Gasteiger partial charge in [0.1, 0.15) is 0 Å². The molecule has 0 unspecified atom stereocenters. The summed E-state index contributed by atoms with van der Waals surface area (Å²) in [5.74, 6) is 0. The normalized spacial score (nSPS) is 7.00. The minimum atomic E-state index is -3.13. The molecule has 0 heterocycles. The van der Waals surface area contributed by atoms with Crippen molar-refractivity contribution in [1.29, 1.82) is 0 Å². The van der Waals surface area contributed by atoms with E-state index >= 15 is 0 Å². The van der Waals surface area contributed by atoms with Crippen LogP contribution >= 0.6 is 8.25 Å². The van der Waals surface area contributed by atoms with Crippen molar-refractivity contribution < 1.29 is 15.8 Å². The molecule has 0 aromatic rings. The van der Waals surface area contributed by atoms with Gasteiger partial charge in [-0.1, -0.05) is 0 Å². The third-order valence-electron chi connectivity index (χ3n) is 0. The summed E-state index contributed by atoms with van der Waals surface area (Å²) in [6.07, 6.45) is 0. The lowest BCUT2D eigenvalue weighted by Crippen LogP contribution is -1.38. The second-order valence-electron chi connectivity index (χ2n) is 0.283. The minimum absolute atomic E-state index is 0. The molecule has 0 aliphatic rings. The Labute approximate surface area is 31.5 Å². The quantitative estimate of drug-likeness (QED) is 0.362. The van der Waals surface area contributed by atoms with Gasteiger partial charge in [-0.2, -0.15) is 0 Å². The van der Waals surface area contributed by atoms with E-state index in [1.807, 2.05) is 0 Å². The first kappa shape index (κ1) is 8.92. The predicted molar refractivity (Wildman–Crippen MR) is 19.6 cm³/mol. The van der Waals surface area contributed by atoms with Crippen LogP contribution in [0.2, 0.25) is 0 Å². The van der Waals surface area contributed by atoms with E-state index < -0.39 is 8.25 Å². The highest BCUT2D eigenvalue weighted by Gasteiger charge is 1.61. The van der Waals surface area contributed by atoms with Crippen molar-refractivity contribution >= 4 is 8.25 Å². The smallest absolute Gasteiger partial charge is 0.344 e. The minimum Gasteiger partial charge on any atom is -0.344 e. The number of hydrogen-bond donors (Lipinski definition) is 3. The Morgan fingerprint density at radius 3 is 1.60 bits per heavy atom. The van der Waals surface area contributed by atoms with Crippen molar-refractivity contribution in [1.82, 2.24) is 6.15 Å². The maximum absolute atomic E-state index is 8.74. The van der Waals surface area contributed by atoms with Gasteiger partial charge in [0.15, 0.2) is 0 Å². The summed E-state index contributed by atoms with van der Waals surface area (Å²) in [5.41, 5.74) is 0. The van der Waals surface area contributed by atoms with Gasteiger partial charge in [0.25, 0.3) is 0 Å². The molecule has 0 saturated heterocycles. The van der Waals surface area contributed by atoms with Crippen molar-refractivity contribution in [2.75, 3.05) is 0 Å². The van der Waals surface area contributed by atoms with Crippen molar-refractivity contribution in [3.63, 3.8) is 0 Å². The molecule has 0 spiro atoms. The van der Waals surface area contributed by atoms with Crippen LogP contribution in [0.3, 0.4) is 0 Å². The highest BCUT2D eigenvalue weighted by molar-refractivity contribution is 7.30. The van der Waals surface area contributed by atoms with E-state index in [4.69, 9.17) is 14.4 Å². The summed E-state index contributed by atoms with van der Waals surface area (Å²) in [4.78, 5) is 14.3. The van der Waals surface area contributed by atoms with Crippen LogP contribution in [0.25, 0.3) is 0 Å². The molecular formula is H7NO3P+. The van der Waals surface area contributed by atoms with Gasteiger partial charge in [-0.05, 0) is 0 Å². The largest absolute Gasteiger partial charge is 1.00 e. The topological polar surface area (TPSA) is 92.5 Å². The molecule has 0 aromatic heterocycles. The molecule has 0 fully saturated rings. The number of rotatable bonds is 0. The van der Waals surface area contributed by atoms with E-state index in [-0.39, 0.29) is 7.58 Å². The lowest BCUT2D eigenvalue weighted by Gasteiger charge is -1.61. The molecule has 5 heteroatoms. The van der Waals surface area contributed by atoms with Crippen LogP contribution in [-0.2, 0) is 4.57 Å². The monoisotopic (exact) mass is 100 g/mol. The molecule has 0 atom stereocenters. The summed E-state index contributed by atoms with van der Waals surface area (Å²) in [6, 6.07) is 0. The molecule has 0 aliphatic carbocycles. The number of hydrogen-bond acceptors (Lipinski definition) is 2. The zero-order valence-corrected chi connectivity index (χ0v) is 3.51. The zero-order valence-electron chi connectivity index (χ0n) is 3.51. The maximum Gasteiger partial charge on any atom is 1.00 e. The predicted octanol–water partition coefficient (Wildman–Crippen LogP) is -0.365. The Kier molecular flexibility index (Phi) is 7.34. The molecule has 0 radical (unpaired) electrons. The molecule has 34 valence electrons. The summed E-state index contributed by atoms with van der Waals surface area (Å²) < 4.78 is 8.74. The van der Waals surface area contributed by atoms with Crippen LogP contribution in [0.15, 0.2) is 0 Å². The fourth-order valence-electron chi connectivity index (χ4n) is 0. The van der Waals surface area contributed by atoms with Gasteiger partial charge < -0.3 is 15.9 Å². The third-order valence-corrected chi connectivity index (χ3v) is 0. The van der Waals surface area contributed by atoms with Crippen molar-refractivity contribution in [3.8, 4) is 0 Å². The van der Waals surface area contributed by atoms with Crippen molar-refractivity contribution in [2.45, 2.75) is 0 Å². The van der Waals surface area contributed by atoms with Crippen LogP contribution in [-0.4, -0.2) is 9.79 Å². The van der Waals surface area contributed by atoms with E-state index in [1.54, 1.807) is 0 Å². The molecule has 0 aliphatic heterocycles. The standard InChI is InChI=1S/H3N.H3O3P/c;1-4(2)3/h1H3;4H,(H2,1,2,3)/p+1. The third kappa shape index (κ3) is 1510. The van der Waals surface area contributed by atoms with Crippen LogP contribution < -0.4 is 6.15 Å². The highest BCUT2D eigenvalue weighted by Crippen LogP contribution is 1.98.